The van der Waals surface area contributed by atoms with E-state index in [1.807, 2.05) is 13.8 Å². The van der Waals surface area contributed by atoms with Crippen LogP contribution in [0, 0.1) is 5.92 Å². The molecule has 5 nitrogen and oxygen atoms in total. The van der Waals surface area contributed by atoms with Crippen molar-refractivity contribution in [2.45, 2.75) is 26.2 Å². The topological polar surface area (TPSA) is 79.3 Å². The lowest BCUT2D eigenvalue weighted by molar-refractivity contribution is -0.139. The lowest BCUT2D eigenvalue weighted by atomic mass is 9.95. The molecule has 1 aromatic rings. The van der Waals surface area contributed by atoms with Crippen molar-refractivity contribution in [2.24, 2.45) is 5.92 Å². The standard InChI is InChI=1S/C13H18N2O3/c1-9(2)8-15-13(18)11(7-12(16)17)10-3-5-14-6-4-10/h3-6,9,11H,7-8H2,1-2H3,(H,15,18)(H,16,17). The van der Waals surface area contributed by atoms with Crippen molar-refractivity contribution in [3.63, 3.8) is 0 Å². The van der Waals surface area contributed by atoms with Crippen LogP contribution in [-0.2, 0) is 9.59 Å². The minimum Gasteiger partial charge on any atom is -0.481 e. The fraction of sp³-hybridized carbons (Fsp3) is 0.462. The molecule has 1 unspecified atom stereocenters. The van der Waals surface area contributed by atoms with Crippen LogP contribution in [0.15, 0.2) is 24.5 Å². The van der Waals surface area contributed by atoms with E-state index in [1.165, 1.54) is 0 Å². The zero-order valence-electron chi connectivity index (χ0n) is 10.6. The van der Waals surface area contributed by atoms with E-state index in [1.54, 1.807) is 24.5 Å². The molecule has 1 heterocycles. The van der Waals surface area contributed by atoms with E-state index in [-0.39, 0.29) is 12.3 Å². The lowest BCUT2D eigenvalue weighted by Gasteiger charge is -2.16. The minimum atomic E-state index is -0.989. The Labute approximate surface area is 106 Å². The Kier molecular flexibility index (Phi) is 5.30. The number of rotatable bonds is 6. The quantitative estimate of drug-likeness (QED) is 0.800. The summed E-state index contributed by atoms with van der Waals surface area (Å²) in [7, 11) is 0. The van der Waals surface area contributed by atoms with Gasteiger partial charge in [0.25, 0.3) is 0 Å². The summed E-state index contributed by atoms with van der Waals surface area (Å²) in [4.78, 5) is 26.7. The Morgan fingerprint density at radius 3 is 2.44 bits per heavy atom. The van der Waals surface area contributed by atoms with Crippen LogP contribution >= 0.6 is 0 Å². The monoisotopic (exact) mass is 250 g/mol. The normalized spacial score (nSPS) is 12.2. The first kappa shape index (κ1) is 14.2. The summed E-state index contributed by atoms with van der Waals surface area (Å²) in [5.74, 6) is -1.57. The first-order valence-corrected chi connectivity index (χ1v) is 5.90. The van der Waals surface area contributed by atoms with Crippen molar-refractivity contribution >= 4 is 11.9 Å². The number of nitrogens with one attached hydrogen (secondary N) is 1. The van der Waals surface area contributed by atoms with Crippen molar-refractivity contribution in [2.75, 3.05) is 6.54 Å². The minimum absolute atomic E-state index is 0.214. The van der Waals surface area contributed by atoms with Crippen LogP contribution in [0.25, 0.3) is 0 Å². The van der Waals surface area contributed by atoms with Gasteiger partial charge < -0.3 is 10.4 Å². The van der Waals surface area contributed by atoms with Crippen molar-refractivity contribution < 1.29 is 14.7 Å². The molecule has 1 aromatic heterocycles. The van der Waals surface area contributed by atoms with Gasteiger partial charge >= 0.3 is 5.97 Å². The van der Waals surface area contributed by atoms with Crippen LogP contribution in [0.4, 0.5) is 0 Å². The Morgan fingerprint density at radius 2 is 1.94 bits per heavy atom. The fourth-order valence-corrected chi connectivity index (χ4v) is 1.56. The van der Waals surface area contributed by atoms with E-state index in [0.717, 1.165) is 0 Å². The molecular formula is C13H18N2O3. The number of carbonyl (C=O) groups is 2. The van der Waals surface area contributed by atoms with Crippen LogP contribution in [-0.4, -0.2) is 28.5 Å². The third-order valence-electron chi connectivity index (χ3n) is 2.49. The van der Waals surface area contributed by atoms with Gasteiger partial charge in [0, 0.05) is 18.9 Å². The number of carbonyl (C=O) groups excluding carboxylic acids is 1. The number of hydrogen-bond acceptors (Lipinski definition) is 3. The molecule has 0 aliphatic carbocycles. The molecule has 0 aromatic carbocycles. The summed E-state index contributed by atoms with van der Waals surface area (Å²) in [6.07, 6.45) is 2.90. The number of hydrogen-bond donors (Lipinski definition) is 2. The van der Waals surface area contributed by atoms with Gasteiger partial charge in [0.15, 0.2) is 0 Å². The second-order valence-corrected chi connectivity index (χ2v) is 4.57. The number of aromatic nitrogens is 1. The van der Waals surface area contributed by atoms with Crippen LogP contribution in [0.3, 0.4) is 0 Å². The maximum absolute atomic E-state index is 12.0. The third-order valence-corrected chi connectivity index (χ3v) is 2.49. The third kappa shape index (κ3) is 4.53. The number of nitrogens with zero attached hydrogens (tertiary/aromatic N) is 1. The van der Waals surface area contributed by atoms with Gasteiger partial charge in [-0.25, -0.2) is 0 Å². The van der Waals surface area contributed by atoms with Crippen molar-refractivity contribution in [1.82, 2.24) is 10.3 Å². The molecule has 1 atom stereocenters. The Morgan fingerprint density at radius 1 is 1.33 bits per heavy atom. The van der Waals surface area contributed by atoms with Crippen molar-refractivity contribution in [3.05, 3.63) is 30.1 Å². The highest BCUT2D eigenvalue weighted by Crippen LogP contribution is 2.19. The molecule has 98 valence electrons. The highest BCUT2D eigenvalue weighted by molar-refractivity contribution is 5.87. The summed E-state index contributed by atoms with van der Waals surface area (Å²) >= 11 is 0. The van der Waals surface area contributed by atoms with Gasteiger partial charge in [0.1, 0.15) is 0 Å². The van der Waals surface area contributed by atoms with Gasteiger partial charge in [-0.3, -0.25) is 14.6 Å². The van der Waals surface area contributed by atoms with Crippen molar-refractivity contribution in [3.8, 4) is 0 Å². The predicted octanol–water partition coefficient (Wildman–Crippen LogP) is 1.41. The molecule has 5 heteroatoms. The van der Waals surface area contributed by atoms with Gasteiger partial charge in [-0.2, -0.15) is 0 Å². The summed E-state index contributed by atoms with van der Waals surface area (Å²) in [6, 6.07) is 3.34. The SMILES string of the molecule is CC(C)CNC(=O)C(CC(=O)O)c1ccncc1. The summed E-state index contributed by atoms with van der Waals surface area (Å²) in [5, 5.41) is 11.6. The highest BCUT2D eigenvalue weighted by Gasteiger charge is 2.23. The Bertz CT molecular complexity index is 404. The second kappa shape index (κ2) is 6.74. The molecule has 0 saturated carbocycles. The van der Waals surface area contributed by atoms with Gasteiger partial charge in [-0.1, -0.05) is 13.8 Å². The molecule has 18 heavy (non-hydrogen) atoms. The number of aliphatic carboxylic acids is 1. The summed E-state index contributed by atoms with van der Waals surface area (Å²) in [6.45, 7) is 4.51. The first-order chi connectivity index (χ1) is 8.50. The first-order valence-electron chi connectivity index (χ1n) is 5.90. The van der Waals surface area contributed by atoms with E-state index in [9.17, 15) is 9.59 Å². The number of carboxylic acids is 1. The smallest absolute Gasteiger partial charge is 0.304 e. The Hall–Kier alpha value is -1.91. The van der Waals surface area contributed by atoms with Crippen molar-refractivity contribution in [1.29, 1.82) is 0 Å². The summed E-state index contributed by atoms with van der Waals surface area (Å²) in [5.41, 5.74) is 0.675. The van der Waals surface area contributed by atoms with E-state index in [4.69, 9.17) is 5.11 Å². The van der Waals surface area contributed by atoms with Gasteiger partial charge in [-0.05, 0) is 23.6 Å². The average molecular weight is 250 g/mol. The molecule has 0 saturated heterocycles. The molecule has 0 aliphatic rings. The second-order valence-electron chi connectivity index (χ2n) is 4.57. The zero-order chi connectivity index (χ0) is 13.5. The molecule has 0 radical (unpaired) electrons. The van der Waals surface area contributed by atoms with Gasteiger partial charge in [0.05, 0.1) is 12.3 Å². The van der Waals surface area contributed by atoms with E-state index < -0.39 is 11.9 Å². The number of pyridine rings is 1. The summed E-state index contributed by atoms with van der Waals surface area (Å²) < 4.78 is 0. The van der Waals surface area contributed by atoms with Crippen LogP contribution in [0.2, 0.25) is 0 Å². The number of carboxylic acid groups (broad SMARTS) is 1. The van der Waals surface area contributed by atoms with Crippen LogP contribution in [0.5, 0.6) is 0 Å². The predicted molar refractivity (Wildman–Crippen MR) is 67.1 cm³/mol. The number of amides is 1. The van der Waals surface area contributed by atoms with E-state index in [2.05, 4.69) is 10.3 Å². The molecule has 0 fully saturated rings. The fourth-order valence-electron chi connectivity index (χ4n) is 1.56. The van der Waals surface area contributed by atoms with E-state index in [0.29, 0.717) is 18.0 Å². The maximum atomic E-state index is 12.0. The lowest BCUT2D eigenvalue weighted by Crippen LogP contribution is -2.33. The molecule has 0 spiro atoms. The molecular weight excluding hydrogens is 232 g/mol. The van der Waals surface area contributed by atoms with Gasteiger partial charge in [0.2, 0.25) is 5.91 Å². The Balaban J connectivity index is 2.78. The van der Waals surface area contributed by atoms with Crippen LogP contribution < -0.4 is 5.32 Å². The molecule has 0 bridgehead atoms. The molecule has 1 rings (SSSR count). The maximum Gasteiger partial charge on any atom is 0.304 e. The van der Waals surface area contributed by atoms with Gasteiger partial charge in [-0.15, -0.1) is 0 Å². The molecule has 1 amide bonds. The largest absolute Gasteiger partial charge is 0.481 e. The average Bonchev–Trinajstić information content (AvgIpc) is 2.34. The van der Waals surface area contributed by atoms with Crippen LogP contribution in [0.1, 0.15) is 31.7 Å². The highest BCUT2D eigenvalue weighted by atomic mass is 16.4. The zero-order valence-corrected chi connectivity index (χ0v) is 10.6. The molecule has 2 N–H and O–H groups in total. The van der Waals surface area contributed by atoms with E-state index >= 15 is 0 Å². The molecule has 0 aliphatic heterocycles.